The van der Waals surface area contributed by atoms with Gasteiger partial charge in [0, 0.05) is 11.6 Å². The standard InChI is InChI=1S/C27H28N2O5/c1-18(19-10-6-5-7-11-19)28-27(31)21-12-8-9-13-22(21)29-24(30)17-15-20-14-16-23(32-2)26(34-4)25(20)33-3/h5-18H,1-4H3,(H,28,31)(H,29,30)/b17-15+. The summed E-state index contributed by atoms with van der Waals surface area (Å²) in [6.45, 7) is 1.91. The molecular formula is C27H28N2O5. The average molecular weight is 461 g/mol. The zero-order chi connectivity index (χ0) is 24.5. The minimum absolute atomic E-state index is 0.185. The van der Waals surface area contributed by atoms with Crippen molar-refractivity contribution in [2.75, 3.05) is 26.6 Å². The number of hydrogen-bond donors (Lipinski definition) is 2. The normalized spacial score (nSPS) is 11.5. The van der Waals surface area contributed by atoms with Crippen LogP contribution in [0.4, 0.5) is 5.69 Å². The third-order valence-electron chi connectivity index (χ3n) is 5.23. The quantitative estimate of drug-likeness (QED) is 0.446. The molecule has 7 heteroatoms. The van der Waals surface area contributed by atoms with Gasteiger partial charge in [-0.25, -0.2) is 0 Å². The van der Waals surface area contributed by atoms with Crippen LogP contribution in [-0.2, 0) is 4.79 Å². The van der Waals surface area contributed by atoms with Gasteiger partial charge in [0.15, 0.2) is 11.5 Å². The molecule has 3 aromatic rings. The van der Waals surface area contributed by atoms with Gasteiger partial charge in [-0.2, -0.15) is 0 Å². The summed E-state index contributed by atoms with van der Waals surface area (Å²) >= 11 is 0. The second-order valence-electron chi connectivity index (χ2n) is 7.40. The lowest BCUT2D eigenvalue weighted by atomic mass is 10.1. The van der Waals surface area contributed by atoms with E-state index in [1.54, 1.807) is 42.5 Å². The van der Waals surface area contributed by atoms with E-state index < -0.39 is 5.91 Å². The molecule has 176 valence electrons. The van der Waals surface area contributed by atoms with E-state index in [9.17, 15) is 9.59 Å². The molecule has 0 aliphatic carbocycles. The lowest BCUT2D eigenvalue weighted by Crippen LogP contribution is -2.27. The highest BCUT2D eigenvalue weighted by Gasteiger charge is 2.17. The maximum absolute atomic E-state index is 12.9. The number of anilines is 1. The minimum Gasteiger partial charge on any atom is -0.493 e. The molecule has 0 spiro atoms. The van der Waals surface area contributed by atoms with Gasteiger partial charge >= 0.3 is 0 Å². The Morgan fingerprint density at radius 1 is 0.824 bits per heavy atom. The summed E-state index contributed by atoms with van der Waals surface area (Å²) in [5.41, 5.74) is 2.41. The fourth-order valence-corrected chi connectivity index (χ4v) is 3.49. The second-order valence-corrected chi connectivity index (χ2v) is 7.40. The molecule has 0 fully saturated rings. The number of para-hydroxylation sites is 1. The molecule has 0 saturated carbocycles. The Hall–Kier alpha value is -4.26. The molecule has 0 radical (unpaired) electrons. The SMILES string of the molecule is COc1ccc(/C=C/C(=O)Nc2ccccc2C(=O)NC(C)c2ccccc2)c(OC)c1OC. The van der Waals surface area contributed by atoms with E-state index in [0.717, 1.165) is 5.56 Å². The monoisotopic (exact) mass is 460 g/mol. The number of benzene rings is 3. The van der Waals surface area contributed by atoms with Crippen LogP contribution in [0.3, 0.4) is 0 Å². The number of methoxy groups -OCH3 is 3. The molecule has 0 saturated heterocycles. The summed E-state index contributed by atoms with van der Waals surface area (Å²) in [5.74, 6) is 0.722. The predicted molar refractivity (Wildman–Crippen MR) is 133 cm³/mol. The molecule has 7 nitrogen and oxygen atoms in total. The lowest BCUT2D eigenvalue weighted by molar-refractivity contribution is -0.111. The van der Waals surface area contributed by atoms with Gasteiger partial charge in [0.05, 0.1) is 38.6 Å². The molecule has 0 aromatic heterocycles. The molecule has 2 amide bonds. The summed E-state index contributed by atoms with van der Waals surface area (Å²) in [6.07, 6.45) is 2.97. The van der Waals surface area contributed by atoms with Crippen molar-refractivity contribution in [3.63, 3.8) is 0 Å². The van der Waals surface area contributed by atoms with Gasteiger partial charge in [-0.3, -0.25) is 9.59 Å². The van der Waals surface area contributed by atoms with Crippen molar-refractivity contribution < 1.29 is 23.8 Å². The fourth-order valence-electron chi connectivity index (χ4n) is 3.49. The molecule has 1 unspecified atom stereocenters. The minimum atomic E-state index is -0.395. The van der Waals surface area contributed by atoms with Gasteiger partial charge in [-0.1, -0.05) is 42.5 Å². The van der Waals surface area contributed by atoms with Crippen LogP contribution in [0.25, 0.3) is 6.08 Å². The Kier molecular flexibility index (Phi) is 8.29. The lowest BCUT2D eigenvalue weighted by Gasteiger charge is -2.16. The smallest absolute Gasteiger partial charge is 0.253 e. The van der Waals surface area contributed by atoms with Crippen LogP contribution in [0.15, 0.2) is 72.8 Å². The largest absolute Gasteiger partial charge is 0.493 e. The van der Waals surface area contributed by atoms with Crippen LogP contribution >= 0.6 is 0 Å². The highest BCUT2D eigenvalue weighted by Crippen LogP contribution is 2.40. The van der Waals surface area contributed by atoms with Gasteiger partial charge in [0.2, 0.25) is 11.7 Å². The number of carbonyl (C=O) groups is 2. The number of nitrogens with one attached hydrogen (secondary N) is 2. The van der Waals surface area contributed by atoms with E-state index in [1.165, 1.54) is 27.4 Å². The van der Waals surface area contributed by atoms with Crippen LogP contribution in [0.2, 0.25) is 0 Å². The maximum atomic E-state index is 12.9. The van der Waals surface area contributed by atoms with Crippen molar-refractivity contribution >= 4 is 23.6 Å². The van der Waals surface area contributed by atoms with Crippen molar-refractivity contribution in [3.05, 3.63) is 89.5 Å². The second kappa shape index (κ2) is 11.6. The van der Waals surface area contributed by atoms with Gasteiger partial charge in [-0.15, -0.1) is 0 Å². The molecule has 1 atom stereocenters. The van der Waals surface area contributed by atoms with Gasteiger partial charge in [0.25, 0.3) is 5.91 Å². The first-order valence-electron chi connectivity index (χ1n) is 10.7. The van der Waals surface area contributed by atoms with Crippen LogP contribution in [-0.4, -0.2) is 33.1 Å². The summed E-state index contributed by atoms with van der Waals surface area (Å²) in [6, 6.07) is 19.8. The van der Waals surface area contributed by atoms with E-state index >= 15 is 0 Å². The van der Waals surface area contributed by atoms with E-state index in [0.29, 0.717) is 34.1 Å². The number of carbonyl (C=O) groups excluding carboxylic acids is 2. The number of hydrogen-bond acceptors (Lipinski definition) is 5. The number of rotatable bonds is 9. The maximum Gasteiger partial charge on any atom is 0.253 e. The van der Waals surface area contributed by atoms with Crippen molar-refractivity contribution in [2.24, 2.45) is 0 Å². The zero-order valence-corrected chi connectivity index (χ0v) is 19.6. The molecule has 3 aromatic carbocycles. The van der Waals surface area contributed by atoms with E-state index in [2.05, 4.69) is 10.6 Å². The molecule has 0 aliphatic rings. The summed E-state index contributed by atoms with van der Waals surface area (Å²) in [7, 11) is 4.57. The Bertz CT molecular complexity index is 1170. The van der Waals surface area contributed by atoms with Crippen molar-refractivity contribution in [1.29, 1.82) is 0 Å². The fraction of sp³-hybridized carbons (Fsp3) is 0.185. The highest BCUT2D eigenvalue weighted by atomic mass is 16.5. The highest BCUT2D eigenvalue weighted by molar-refractivity contribution is 6.07. The Morgan fingerprint density at radius 2 is 1.50 bits per heavy atom. The Balaban J connectivity index is 1.75. The van der Waals surface area contributed by atoms with E-state index in [1.807, 2.05) is 37.3 Å². The first kappa shape index (κ1) is 24.4. The third-order valence-corrected chi connectivity index (χ3v) is 5.23. The van der Waals surface area contributed by atoms with Gasteiger partial charge in [0.1, 0.15) is 0 Å². The molecule has 2 N–H and O–H groups in total. The first-order valence-corrected chi connectivity index (χ1v) is 10.7. The molecule has 3 rings (SSSR count). The van der Waals surface area contributed by atoms with Crippen molar-refractivity contribution in [1.82, 2.24) is 5.32 Å². The Labute approximate surface area is 199 Å². The van der Waals surface area contributed by atoms with Crippen LogP contribution < -0.4 is 24.8 Å². The topological polar surface area (TPSA) is 85.9 Å². The molecule has 0 aliphatic heterocycles. The summed E-state index contributed by atoms with van der Waals surface area (Å²) in [4.78, 5) is 25.6. The predicted octanol–water partition coefficient (Wildman–Crippen LogP) is 4.86. The summed E-state index contributed by atoms with van der Waals surface area (Å²) in [5, 5.41) is 5.75. The third kappa shape index (κ3) is 5.75. The van der Waals surface area contributed by atoms with E-state index in [4.69, 9.17) is 14.2 Å². The van der Waals surface area contributed by atoms with Crippen LogP contribution in [0.5, 0.6) is 17.2 Å². The molecule has 0 heterocycles. The Morgan fingerprint density at radius 3 is 2.18 bits per heavy atom. The van der Waals surface area contributed by atoms with Crippen molar-refractivity contribution in [2.45, 2.75) is 13.0 Å². The number of ether oxygens (including phenoxy) is 3. The number of amides is 2. The van der Waals surface area contributed by atoms with Gasteiger partial charge < -0.3 is 24.8 Å². The van der Waals surface area contributed by atoms with E-state index in [-0.39, 0.29) is 11.9 Å². The van der Waals surface area contributed by atoms with Gasteiger partial charge in [-0.05, 0) is 42.8 Å². The van der Waals surface area contributed by atoms with Crippen LogP contribution in [0.1, 0.15) is 34.5 Å². The first-order chi connectivity index (χ1) is 16.5. The molecular weight excluding hydrogens is 432 g/mol. The average Bonchev–Trinajstić information content (AvgIpc) is 2.87. The molecule has 0 bridgehead atoms. The summed E-state index contributed by atoms with van der Waals surface area (Å²) < 4.78 is 16.1. The van der Waals surface area contributed by atoms with Crippen LogP contribution in [0, 0.1) is 0 Å². The van der Waals surface area contributed by atoms with Crippen molar-refractivity contribution in [3.8, 4) is 17.2 Å². The molecule has 34 heavy (non-hydrogen) atoms. The zero-order valence-electron chi connectivity index (χ0n) is 19.6.